The first-order valence-corrected chi connectivity index (χ1v) is 5.39. The Morgan fingerprint density at radius 2 is 1.94 bits per heavy atom. The topological polar surface area (TPSA) is 39.8 Å². The highest BCUT2D eigenvalue weighted by molar-refractivity contribution is 5.79. The predicted octanol–water partition coefficient (Wildman–Crippen LogP) is 1.70. The Hall–Kier alpha value is -2.36. The Balaban J connectivity index is 2.00. The molecule has 0 aliphatic heterocycles. The first-order valence-electron chi connectivity index (χ1n) is 5.39. The van der Waals surface area contributed by atoms with Crippen LogP contribution in [0.2, 0.25) is 0 Å². The van der Waals surface area contributed by atoms with Gasteiger partial charge in [0.15, 0.2) is 0 Å². The van der Waals surface area contributed by atoms with E-state index in [4.69, 9.17) is 0 Å². The molecule has 4 nitrogen and oxygen atoms in total. The predicted molar refractivity (Wildman–Crippen MR) is 65.8 cm³/mol. The van der Waals surface area contributed by atoms with Crippen LogP contribution in [0.25, 0.3) is 10.9 Å². The van der Waals surface area contributed by atoms with Crippen molar-refractivity contribution in [1.29, 1.82) is 0 Å². The molecule has 3 aromatic rings. The summed E-state index contributed by atoms with van der Waals surface area (Å²) in [5, 5.41) is 1.21. The second-order valence-corrected chi connectivity index (χ2v) is 3.90. The third kappa shape index (κ3) is 1.85. The maximum atomic E-state index is 10.9. The third-order valence-corrected chi connectivity index (χ3v) is 2.74. The molecule has 17 heavy (non-hydrogen) atoms. The van der Waals surface area contributed by atoms with Crippen LogP contribution in [-0.4, -0.2) is 14.1 Å². The largest absolute Gasteiger partial charge is 0.329 e. The molecule has 84 valence electrons. The lowest BCUT2D eigenvalue weighted by Gasteiger charge is -2.07. The van der Waals surface area contributed by atoms with Crippen LogP contribution in [0.4, 0.5) is 0 Å². The number of hydrogen-bond acceptors (Lipinski definition) is 2. The zero-order valence-corrected chi connectivity index (χ0v) is 9.15. The first kappa shape index (κ1) is 9.84. The van der Waals surface area contributed by atoms with Crippen molar-refractivity contribution in [1.82, 2.24) is 14.1 Å². The smallest absolute Gasteiger partial charge is 0.272 e. The average molecular weight is 225 g/mol. The lowest BCUT2D eigenvalue weighted by atomic mass is 10.2. The van der Waals surface area contributed by atoms with Gasteiger partial charge in [0, 0.05) is 24.0 Å². The van der Waals surface area contributed by atoms with Crippen molar-refractivity contribution in [3.05, 3.63) is 65.5 Å². The minimum atomic E-state index is -0.210. The number of benzene rings is 1. The SMILES string of the molecule is O=c1ccn(Cn2ccc3ccccc32)cn1. The number of rotatable bonds is 2. The van der Waals surface area contributed by atoms with Gasteiger partial charge in [0.25, 0.3) is 5.56 Å². The molecule has 0 spiro atoms. The van der Waals surface area contributed by atoms with Gasteiger partial charge < -0.3 is 9.13 Å². The molecule has 0 aliphatic carbocycles. The minimum absolute atomic E-state index is 0.210. The molecule has 0 fully saturated rings. The highest BCUT2D eigenvalue weighted by Gasteiger charge is 1.99. The molecule has 4 heteroatoms. The maximum Gasteiger partial charge on any atom is 0.272 e. The van der Waals surface area contributed by atoms with E-state index >= 15 is 0 Å². The van der Waals surface area contributed by atoms with Crippen molar-refractivity contribution in [3.63, 3.8) is 0 Å². The lowest BCUT2D eigenvalue weighted by Crippen LogP contribution is -2.12. The van der Waals surface area contributed by atoms with Crippen molar-refractivity contribution >= 4 is 10.9 Å². The summed E-state index contributed by atoms with van der Waals surface area (Å²) in [7, 11) is 0. The van der Waals surface area contributed by atoms with Crippen molar-refractivity contribution in [2.75, 3.05) is 0 Å². The summed E-state index contributed by atoms with van der Waals surface area (Å²) in [4.78, 5) is 14.6. The van der Waals surface area contributed by atoms with E-state index < -0.39 is 0 Å². The summed E-state index contributed by atoms with van der Waals surface area (Å²) in [5.74, 6) is 0. The number of nitrogens with zero attached hydrogens (tertiary/aromatic N) is 3. The Kier molecular flexibility index (Phi) is 2.26. The van der Waals surface area contributed by atoms with Gasteiger partial charge in [-0.3, -0.25) is 4.79 Å². The molecule has 0 saturated carbocycles. The van der Waals surface area contributed by atoms with E-state index in [9.17, 15) is 4.79 Å². The van der Waals surface area contributed by atoms with Gasteiger partial charge in [-0.15, -0.1) is 0 Å². The Morgan fingerprint density at radius 1 is 1.06 bits per heavy atom. The first-order chi connectivity index (χ1) is 8.33. The van der Waals surface area contributed by atoms with Crippen LogP contribution < -0.4 is 5.56 Å². The van der Waals surface area contributed by atoms with Crippen LogP contribution in [0.3, 0.4) is 0 Å². The Morgan fingerprint density at radius 3 is 2.76 bits per heavy atom. The molecule has 0 unspecified atom stereocenters. The van der Waals surface area contributed by atoms with Gasteiger partial charge in [-0.1, -0.05) is 18.2 Å². The molecule has 0 saturated heterocycles. The second-order valence-electron chi connectivity index (χ2n) is 3.90. The van der Waals surface area contributed by atoms with Crippen LogP contribution in [0.15, 0.2) is 59.9 Å². The van der Waals surface area contributed by atoms with Gasteiger partial charge in [-0.25, -0.2) is 0 Å². The zero-order chi connectivity index (χ0) is 11.7. The minimum Gasteiger partial charge on any atom is -0.329 e. The Labute approximate surface area is 97.8 Å². The molecule has 0 amide bonds. The summed E-state index contributed by atoms with van der Waals surface area (Å²) in [5.41, 5.74) is 0.963. The van der Waals surface area contributed by atoms with Gasteiger partial charge in [0.2, 0.25) is 0 Å². The molecule has 0 aliphatic rings. The fourth-order valence-corrected chi connectivity index (χ4v) is 1.90. The molecule has 1 aromatic carbocycles. The molecule has 0 bridgehead atoms. The van der Waals surface area contributed by atoms with Crippen molar-refractivity contribution in [3.8, 4) is 0 Å². The summed E-state index contributed by atoms with van der Waals surface area (Å²) in [6.45, 7) is 0.654. The van der Waals surface area contributed by atoms with Gasteiger partial charge in [-0.05, 0) is 17.5 Å². The quantitative estimate of drug-likeness (QED) is 0.666. The van der Waals surface area contributed by atoms with Crippen molar-refractivity contribution in [2.24, 2.45) is 0 Å². The third-order valence-electron chi connectivity index (χ3n) is 2.74. The van der Waals surface area contributed by atoms with Gasteiger partial charge in [0.1, 0.15) is 6.33 Å². The molecule has 3 rings (SSSR count). The van der Waals surface area contributed by atoms with Crippen LogP contribution in [0, 0.1) is 0 Å². The van der Waals surface area contributed by atoms with Crippen LogP contribution in [0.5, 0.6) is 0 Å². The standard InChI is InChI=1S/C13H11N3O/c17-13-6-7-15(9-14-13)10-16-8-5-11-3-1-2-4-12(11)16/h1-9H,10H2. The van der Waals surface area contributed by atoms with E-state index in [2.05, 4.69) is 27.8 Å². The van der Waals surface area contributed by atoms with E-state index in [0.29, 0.717) is 6.67 Å². The van der Waals surface area contributed by atoms with Crippen molar-refractivity contribution in [2.45, 2.75) is 6.67 Å². The van der Waals surface area contributed by atoms with E-state index in [1.54, 1.807) is 12.5 Å². The maximum absolute atomic E-state index is 10.9. The van der Waals surface area contributed by atoms with E-state index in [0.717, 1.165) is 0 Å². The molecule has 2 aromatic heterocycles. The summed E-state index contributed by atoms with van der Waals surface area (Å²) >= 11 is 0. The summed E-state index contributed by atoms with van der Waals surface area (Å²) in [6, 6.07) is 11.7. The van der Waals surface area contributed by atoms with Gasteiger partial charge in [0.05, 0.1) is 6.67 Å². The molecule has 2 heterocycles. The molecule has 0 radical (unpaired) electrons. The fraction of sp³-hybridized carbons (Fsp3) is 0.0769. The monoisotopic (exact) mass is 225 g/mol. The van der Waals surface area contributed by atoms with Gasteiger partial charge in [-0.2, -0.15) is 4.98 Å². The van der Waals surface area contributed by atoms with Crippen LogP contribution in [-0.2, 0) is 6.67 Å². The highest BCUT2D eigenvalue weighted by Crippen LogP contribution is 2.14. The lowest BCUT2D eigenvalue weighted by molar-refractivity contribution is 0.610. The highest BCUT2D eigenvalue weighted by atomic mass is 16.1. The van der Waals surface area contributed by atoms with Crippen molar-refractivity contribution < 1.29 is 0 Å². The number of aromatic nitrogens is 3. The zero-order valence-electron chi connectivity index (χ0n) is 9.15. The number of hydrogen-bond donors (Lipinski definition) is 0. The molecule has 0 N–H and O–H groups in total. The normalized spacial score (nSPS) is 10.8. The van der Waals surface area contributed by atoms with E-state index in [1.807, 2.05) is 22.9 Å². The Bertz CT molecular complexity index is 691. The van der Waals surface area contributed by atoms with Crippen LogP contribution in [0.1, 0.15) is 0 Å². The molecular weight excluding hydrogens is 214 g/mol. The molecule has 0 atom stereocenters. The molecular formula is C13H11N3O. The van der Waals surface area contributed by atoms with Gasteiger partial charge >= 0.3 is 0 Å². The number of fused-ring (bicyclic) bond motifs is 1. The average Bonchev–Trinajstić information content (AvgIpc) is 2.76. The van der Waals surface area contributed by atoms with E-state index in [-0.39, 0.29) is 5.56 Å². The fourth-order valence-electron chi connectivity index (χ4n) is 1.90. The van der Waals surface area contributed by atoms with Crippen LogP contribution >= 0.6 is 0 Å². The second kappa shape index (κ2) is 3.90. The summed E-state index contributed by atoms with van der Waals surface area (Å²) < 4.78 is 3.98. The number of para-hydroxylation sites is 1. The van der Waals surface area contributed by atoms with E-state index in [1.165, 1.54) is 17.0 Å². The summed E-state index contributed by atoms with van der Waals surface area (Å²) in [6.07, 6.45) is 5.32.